The van der Waals surface area contributed by atoms with Crippen LogP contribution in [-0.4, -0.2) is 16.1 Å². The number of imidazole rings is 1. The molecule has 0 aliphatic heterocycles. The molecule has 21 heavy (non-hydrogen) atoms. The van der Waals surface area contributed by atoms with Gasteiger partial charge in [-0.25, -0.2) is 4.98 Å². The first-order valence-corrected chi connectivity index (χ1v) is 9.24. The first-order valence-electron chi connectivity index (χ1n) is 7.54. The average Bonchev–Trinajstić information content (AvgIpc) is 3.16. The topological polar surface area (TPSA) is 29.9 Å². The van der Waals surface area contributed by atoms with Crippen molar-refractivity contribution in [3.8, 4) is 0 Å². The molecular formula is C16H21N3S2. The quantitative estimate of drug-likeness (QED) is 0.686. The number of nitrogens with one attached hydrogen (secondary N) is 1. The molecule has 0 radical (unpaired) electrons. The SMILES string of the molecule is CCCNC(c1cc2sccc2s1)c1nccn1CCC. The van der Waals surface area contributed by atoms with Gasteiger partial charge in [0, 0.05) is 33.2 Å². The summed E-state index contributed by atoms with van der Waals surface area (Å²) in [5.41, 5.74) is 0. The molecule has 3 nitrogen and oxygen atoms in total. The van der Waals surface area contributed by atoms with Gasteiger partial charge in [0.1, 0.15) is 11.9 Å². The van der Waals surface area contributed by atoms with Gasteiger partial charge in [0.2, 0.25) is 0 Å². The molecule has 0 spiro atoms. The van der Waals surface area contributed by atoms with Gasteiger partial charge in [-0.15, -0.1) is 22.7 Å². The minimum atomic E-state index is 0.205. The van der Waals surface area contributed by atoms with Crippen molar-refractivity contribution >= 4 is 32.1 Å². The molecule has 0 aliphatic rings. The van der Waals surface area contributed by atoms with Gasteiger partial charge in [-0.2, -0.15) is 0 Å². The van der Waals surface area contributed by atoms with Crippen molar-refractivity contribution in [2.24, 2.45) is 0 Å². The maximum atomic E-state index is 4.63. The Labute approximate surface area is 133 Å². The molecule has 3 rings (SSSR count). The highest BCUT2D eigenvalue weighted by atomic mass is 32.1. The van der Waals surface area contributed by atoms with Crippen LogP contribution in [0.5, 0.6) is 0 Å². The molecule has 1 unspecified atom stereocenters. The van der Waals surface area contributed by atoms with E-state index in [0.717, 1.165) is 31.8 Å². The highest BCUT2D eigenvalue weighted by molar-refractivity contribution is 7.27. The molecule has 0 bridgehead atoms. The van der Waals surface area contributed by atoms with Crippen molar-refractivity contribution in [3.63, 3.8) is 0 Å². The normalized spacial score (nSPS) is 13.0. The monoisotopic (exact) mass is 319 g/mol. The minimum Gasteiger partial charge on any atom is -0.333 e. The lowest BCUT2D eigenvalue weighted by Crippen LogP contribution is -2.25. The van der Waals surface area contributed by atoms with E-state index in [2.05, 4.69) is 52.4 Å². The van der Waals surface area contributed by atoms with Crippen LogP contribution in [0, 0.1) is 0 Å². The number of hydrogen-bond donors (Lipinski definition) is 1. The van der Waals surface area contributed by atoms with Crippen LogP contribution in [0.4, 0.5) is 0 Å². The third-order valence-corrected chi connectivity index (χ3v) is 5.67. The van der Waals surface area contributed by atoms with Crippen molar-refractivity contribution in [2.45, 2.75) is 39.3 Å². The Morgan fingerprint density at radius 3 is 2.95 bits per heavy atom. The molecule has 0 saturated heterocycles. The number of fused-ring (bicyclic) bond motifs is 1. The van der Waals surface area contributed by atoms with Crippen LogP contribution < -0.4 is 5.32 Å². The molecule has 5 heteroatoms. The summed E-state index contributed by atoms with van der Waals surface area (Å²) < 4.78 is 5.04. The average molecular weight is 319 g/mol. The molecule has 0 saturated carbocycles. The second-order valence-electron chi connectivity index (χ2n) is 5.16. The molecule has 0 aliphatic carbocycles. The van der Waals surface area contributed by atoms with Crippen LogP contribution in [0.1, 0.15) is 43.4 Å². The summed E-state index contributed by atoms with van der Waals surface area (Å²) in [7, 11) is 0. The summed E-state index contributed by atoms with van der Waals surface area (Å²) in [6, 6.07) is 4.74. The molecule has 3 heterocycles. The fraction of sp³-hybridized carbons (Fsp3) is 0.438. The number of aryl methyl sites for hydroxylation is 1. The predicted octanol–water partition coefficient (Wildman–Crippen LogP) is 4.66. The van der Waals surface area contributed by atoms with Crippen molar-refractivity contribution in [2.75, 3.05) is 6.54 Å². The largest absolute Gasteiger partial charge is 0.333 e. The summed E-state index contributed by atoms with van der Waals surface area (Å²) in [5.74, 6) is 1.14. The predicted molar refractivity (Wildman–Crippen MR) is 92.4 cm³/mol. The molecule has 1 atom stereocenters. The Bertz CT molecular complexity index is 667. The lowest BCUT2D eigenvalue weighted by atomic mass is 10.2. The maximum absolute atomic E-state index is 4.63. The molecule has 3 aromatic heterocycles. The minimum absolute atomic E-state index is 0.205. The van der Waals surface area contributed by atoms with E-state index < -0.39 is 0 Å². The lowest BCUT2D eigenvalue weighted by Gasteiger charge is -2.18. The van der Waals surface area contributed by atoms with Crippen LogP contribution in [0.3, 0.4) is 0 Å². The Hall–Kier alpha value is -1.17. The molecule has 112 valence electrons. The van der Waals surface area contributed by atoms with Gasteiger partial charge in [-0.1, -0.05) is 13.8 Å². The number of hydrogen-bond acceptors (Lipinski definition) is 4. The number of thiophene rings is 2. The van der Waals surface area contributed by atoms with Gasteiger partial charge >= 0.3 is 0 Å². The summed E-state index contributed by atoms with van der Waals surface area (Å²) in [6.07, 6.45) is 6.27. The lowest BCUT2D eigenvalue weighted by molar-refractivity contribution is 0.535. The van der Waals surface area contributed by atoms with E-state index >= 15 is 0 Å². The van der Waals surface area contributed by atoms with Crippen molar-refractivity contribution in [1.29, 1.82) is 0 Å². The smallest absolute Gasteiger partial charge is 0.131 e. The van der Waals surface area contributed by atoms with Gasteiger partial charge in [0.15, 0.2) is 0 Å². The second-order valence-corrected chi connectivity index (χ2v) is 7.23. The van der Waals surface area contributed by atoms with Gasteiger partial charge in [0.05, 0.1) is 0 Å². The fourth-order valence-corrected chi connectivity index (χ4v) is 4.74. The highest BCUT2D eigenvalue weighted by Crippen LogP contribution is 2.35. The molecule has 1 N–H and O–H groups in total. The van der Waals surface area contributed by atoms with Crippen molar-refractivity contribution < 1.29 is 0 Å². The Kier molecular flexibility index (Phi) is 4.73. The van der Waals surface area contributed by atoms with Crippen LogP contribution in [0.25, 0.3) is 9.40 Å². The van der Waals surface area contributed by atoms with E-state index in [1.54, 1.807) is 0 Å². The zero-order chi connectivity index (χ0) is 14.7. The zero-order valence-corrected chi connectivity index (χ0v) is 14.1. The van der Waals surface area contributed by atoms with Crippen LogP contribution in [0.2, 0.25) is 0 Å². The van der Waals surface area contributed by atoms with Crippen LogP contribution >= 0.6 is 22.7 Å². The number of rotatable bonds is 7. The molecule has 0 fully saturated rings. The second kappa shape index (κ2) is 6.73. The summed E-state index contributed by atoms with van der Waals surface area (Å²) >= 11 is 3.70. The number of aromatic nitrogens is 2. The zero-order valence-electron chi connectivity index (χ0n) is 12.5. The molecular weight excluding hydrogens is 298 g/mol. The molecule has 3 aromatic rings. The fourth-order valence-electron chi connectivity index (χ4n) is 2.55. The van der Waals surface area contributed by atoms with E-state index in [0.29, 0.717) is 0 Å². The maximum Gasteiger partial charge on any atom is 0.131 e. The Balaban J connectivity index is 1.96. The summed E-state index contributed by atoms with van der Waals surface area (Å²) in [5, 5.41) is 5.83. The Morgan fingerprint density at radius 1 is 1.29 bits per heavy atom. The van der Waals surface area contributed by atoms with E-state index in [1.807, 2.05) is 28.9 Å². The Morgan fingerprint density at radius 2 is 2.19 bits per heavy atom. The van der Waals surface area contributed by atoms with Crippen LogP contribution in [-0.2, 0) is 6.54 Å². The van der Waals surface area contributed by atoms with Crippen molar-refractivity contribution in [3.05, 3.63) is 40.6 Å². The molecule has 0 aromatic carbocycles. The van der Waals surface area contributed by atoms with E-state index in [9.17, 15) is 0 Å². The van der Waals surface area contributed by atoms with Gasteiger partial charge < -0.3 is 9.88 Å². The summed E-state index contributed by atoms with van der Waals surface area (Å²) in [4.78, 5) is 6.00. The van der Waals surface area contributed by atoms with E-state index in [-0.39, 0.29) is 6.04 Å². The molecule has 0 amide bonds. The number of nitrogens with zero attached hydrogens (tertiary/aromatic N) is 2. The van der Waals surface area contributed by atoms with Crippen molar-refractivity contribution in [1.82, 2.24) is 14.9 Å². The van der Waals surface area contributed by atoms with E-state index in [1.165, 1.54) is 14.3 Å². The first kappa shape index (κ1) is 14.8. The summed E-state index contributed by atoms with van der Waals surface area (Å²) in [6.45, 7) is 6.45. The third kappa shape index (κ3) is 3.05. The van der Waals surface area contributed by atoms with E-state index in [4.69, 9.17) is 0 Å². The standard InChI is InChI=1S/C16H21N3S2/c1-3-6-17-15(16-18-7-9-19(16)8-4-2)14-11-13-12(21-14)5-10-20-13/h5,7,9-11,15,17H,3-4,6,8H2,1-2H3. The van der Waals surface area contributed by atoms with Gasteiger partial charge in [0.25, 0.3) is 0 Å². The van der Waals surface area contributed by atoms with Gasteiger partial charge in [-0.3, -0.25) is 0 Å². The highest BCUT2D eigenvalue weighted by Gasteiger charge is 2.21. The van der Waals surface area contributed by atoms with Crippen LogP contribution in [0.15, 0.2) is 29.9 Å². The van der Waals surface area contributed by atoms with Gasteiger partial charge in [-0.05, 0) is 36.9 Å². The third-order valence-electron chi connectivity index (χ3n) is 3.51. The first-order chi connectivity index (χ1) is 10.3.